The first-order valence-electron chi connectivity index (χ1n) is 6.83. The van der Waals surface area contributed by atoms with Gasteiger partial charge < -0.3 is 10.2 Å². The van der Waals surface area contributed by atoms with Crippen LogP contribution in [0.25, 0.3) is 0 Å². The molecule has 1 fully saturated rings. The van der Waals surface area contributed by atoms with Crippen molar-refractivity contribution in [1.82, 2.24) is 10.3 Å². The minimum atomic E-state index is 0.163. The van der Waals surface area contributed by atoms with Crippen LogP contribution in [0.3, 0.4) is 0 Å². The molecule has 100 valence electrons. The summed E-state index contributed by atoms with van der Waals surface area (Å²) in [5.74, 6) is 0.634. The smallest absolute Gasteiger partial charge is 0.0556 e. The van der Waals surface area contributed by atoms with Crippen molar-refractivity contribution < 1.29 is 0 Å². The van der Waals surface area contributed by atoms with Crippen molar-refractivity contribution in [1.29, 1.82) is 0 Å². The van der Waals surface area contributed by atoms with Gasteiger partial charge in [-0.25, -0.2) is 0 Å². The van der Waals surface area contributed by atoms with Crippen LogP contribution in [0, 0.1) is 12.8 Å². The second-order valence-electron chi connectivity index (χ2n) is 6.36. The van der Waals surface area contributed by atoms with E-state index in [-0.39, 0.29) is 5.54 Å². The van der Waals surface area contributed by atoms with E-state index in [1.807, 2.05) is 13.1 Å². The van der Waals surface area contributed by atoms with Crippen molar-refractivity contribution in [3.63, 3.8) is 0 Å². The Hall–Kier alpha value is -1.09. The molecule has 1 saturated heterocycles. The Balaban J connectivity index is 2.27. The molecule has 0 radical (unpaired) electrons. The lowest BCUT2D eigenvalue weighted by Crippen LogP contribution is -2.63. The van der Waals surface area contributed by atoms with Gasteiger partial charge in [0.15, 0.2) is 0 Å². The number of aromatic nitrogens is 1. The van der Waals surface area contributed by atoms with E-state index < -0.39 is 0 Å². The summed E-state index contributed by atoms with van der Waals surface area (Å²) in [6, 6.07) is 4.84. The molecule has 1 aliphatic heterocycles. The monoisotopic (exact) mass is 247 g/mol. The van der Waals surface area contributed by atoms with Gasteiger partial charge in [-0.05, 0) is 38.8 Å². The predicted molar refractivity (Wildman–Crippen MR) is 77.0 cm³/mol. The normalized spacial score (nSPS) is 23.4. The molecule has 0 bridgehead atoms. The van der Waals surface area contributed by atoms with Gasteiger partial charge in [0.2, 0.25) is 0 Å². The van der Waals surface area contributed by atoms with Gasteiger partial charge in [0.05, 0.1) is 11.9 Å². The highest BCUT2D eigenvalue weighted by Gasteiger charge is 2.34. The van der Waals surface area contributed by atoms with E-state index in [4.69, 9.17) is 0 Å². The fourth-order valence-corrected chi connectivity index (χ4v) is 2.60. The van der Waals surface area contributed by atoms with E-state index in [2.05, 4.69) is 55.0 Å². The van der Waals surface area contributed by atoms with Crippen LogP contribution in [0.5, 0.6) is 0 Å². The van der Waals surface area contributed by atoms with Crippen LogP contribution in [-0.4, -0.2) is 29.7 Å². The lowest BCUT2D eigenvalue weighted by Gasteiger charge is -2.47. The summed E-state index contributed by atoms with van der Waals surface area (Å²) in [5, 5.41) is 3.64. The maximum Gasteiger partial charge on any atom is 0.0556 e. The summed E-state index contributed by atoms with van der Waals surface area (Å²) in [5.41, 5.74) is 2.49. The fourth-order valence-electron chi connectivity index (χ4n) is 2.60. The Morgan fingerprint density at radius 1 is 1.39 bits per heavy atom. The largest absolute Gasteiger partial charge is 0.364 e. The zero-order chi connectivity index (χ0) is 13.3. The lowest BCUT2D eigenvalue weighted by atomic mass is 9.92. The number of nitrogens with zero attached hydrogens (tertiary/aromatic N) is 2. The predicted octanol–water partition coefficient (Wildman–Crippen LogP) is 2.60. The van der Waals surface area contributed by atoms with Crippen molar-refractivity contribution in [3.05, 3.63) is 24.0 Å². The summed E-state index contributed by atoms with van der Waals surface area (Å²) < 4.78 is 0. The molecule has 2 rings (SSSR count). The molecule has 1 unspecified atom stereocenters. The van der Waals surface area contributed by atoms with Crippen LogP contribution in [0.2, 0.25) is 0 Å². The summed E-state index contributed by atoms with van der Waals surface area (Å²) in [6.45, 7) is 13.2. The summed E-state index contributed by atoms with van der Waals surface area (Å²) in [7, 11) is 0. The van der Waals surface area contributed by atoms with Gasteiger partial charge in [-0.15, -0.1) is 0 Å². The third-order valence-electron chi connectivity index (χ3n) is 3.75. The van der Waals surface area contributed by atoms with E-state index in [9.17, 15) is 0 Å². The molecule has 1 aliphatic rings. The molecule has 1 aromatic heterocycles. The Bertz CT molecular complexity index is 395. The minimum Gasteiger partial charge on any atom is -0.364 e. The van der Waals surface area contributed by atoms with Gasteiger partial charge in [-0.3, -0.25) is 4.98 Å². The number of rotatable bonds is 2. The van der Waals surface area contributed by atoms with Gasteiger partial charge in [0.1, 0.15) is 0 Å². The number of anilines is 1. The lowest BCUT2D eigenvalue weighted by molar-refractivity contribution is 0.277. The van der Waals surface area contributed by atoms with E-state index in [0.717, 1.165) is 18.8 Å². The number of hydrogen-bond donors (Lipinski definition) is 1. The minimum absolute atomic E-state index is 0.163. The molecule has 2 heterocycles. The standard InChI is InChI=1S/C15H25N3/c1-11(2)14-9-17-15(4,5)10-18(14)13-7-6-12(3)16-8-13/h6-8,11,14,17H,9-10H2,1-5H3. The molecule has 3 heteroatoms. The summed E-state index contributed by atoms with van der Waals surface area (Å²) in [4.78, 5) is 6.94. The highest BCUT2D eigenvalue weighted by Crippen LogP contribution is 2.26. The van der Waals surface area contributed by atoms with Crippen molar-refractivity contribution in [2.75, 3.05) is 18.0 Å². The SMILES string of the molecule is Cc1ccc(N2CC(C)(C)NCC2C(C)C)cn1. The van der Waals surface area contributed by atoms with Crippen molar-refractivity contribution >= 4 is 5.69 Å². The van der Waals surface area contributed by atoms with E-state index in [1.54, 1.807) is 0 Å². The first kappa shape index (κ1) is 13.3. The van der Waals surface area contributed by atoms with Gasteiger partial charge in [0, 0.05) is 30.4 Å². The maximum atomic E-state index is 4.43. The zero-order valence-electron chi connectivity index (χ0n) is 12.2. The van der Waals surface area contributed by atoms with Gasteiger partial charge in [-0.2, -0.15) is 0 Å². The number of piperazine rings is 1. The highest BCUT2D eigenvalue weighted by atomic mass is 15.3. The molecule has 18 heavy (non-hydrogen) atoms. The first-order chi connectivity index (χ1) is 8.39. The number of nitrogens with one attached hydrogen (secondary N) is 1. The molecule has 1 aromatic rings. The molecule has 0 saturated carbocycles. The topological polar surface area (TPSA) is 28.2 Å². The van der Waals surface area contributed by atoms with E-state index in [1.165, 1.54) is 5.69 Å². The van der Waals surface area contributed by atoms with Crippen LogP contribution in [0.15, 0.2) is 18.3 Å². The third-order valence-corrected chi connectivity index (χ3v) is 3.75. The van der Waals surface area contributed by atoms with Crippen molar-refractivity contribution in [2.24, 2.45) is 5.92 Å². The maximum absolute atomic E-state index is 4.43. The molecule has 0 aliphatic carbocycles. The number of pyridine rings is 1. The second kappa shape index (κ2) is 4.88. The van der Waals surface area contributed by atoms with Gasteiger partial charge in [-0.1, -0.05) is 13.8 Å². The molecule has 3 nitrogen and oxygen atoms in total. The first-order valence-corrected chi connectivity index (χ1v) is 6.83. The number of aryl methyl sites for hydroxylation is 1. The Labute approximate surface area is 111 Å². The molecular formula is C15H25N3. The van der Waals surface area contributed by atoms with E-state index in [0.29, 0.717) is 12.0 Å². The number of hydrogen-bond acceptors (Lipinski definition) is 3. The molecule has 1 N–H and O–H groups in total. The van der Waals surface area contributed by atoms with Crippen molar-refractivity contribution in [2.45, 2.75) is 46.2 Å². The van der Waals surface area contributed by atoms with Crippen LogP contribution in [0.1, 0.15) is 33.4 Å². The quantitative estimate of drug-likeness (QED) is 0.870. The molecular weight excluding hydrogens is 222 g/mol. The summed E-state index contributed by atoms with van der Waals surface area (Å²) >= 11 is 0. The van der Waals surface area contributed by atoms with E-state index >= 15 is 0 Å². The third kappa shape index (κ3) is 2.83. The molecule has 1 atom stereocenters. The van der Waals surface area contributed by atoms with Crippen molar-refractivity contribution in [3.8, 4) is 0 Å². The molecule has 0 spiro atoms. The summed E-state index contributed by atoms with van der Waals surface area (Å²) in [6.07, 6.45) is 2.01. The van der Waals surface area contributed by atoms with Crippen LogP contribution < -0.4 is 10.2 Å². The van der Waals surface area contributed by atoms with Crippen LogP contribution in [0.4, 0.5) is 5.69 Å². The average Bonchev–Trinajstić information content (AvgIpc) is 2.28. The van der Waals surface area contributed by atoms with Crippen LogP contribution in [-0.2, 0) is 0 Å². The Morgan fingerprint density at radius 2 is 2.11 bits per heavy atom. The molecule has 0 amide bonds. The second-order valence-corrected chi connectivity index (χ2v) is 6.36. The zero-order valence-corrected chi connectivity index (χ0v) is 12.2. The Kier molecular flexibility index (Phi) is 3.62. The van der Waals surface area contributed by atoms with Crippen LogP contribution >= 0.6 is 0 Å². The van der Waals surface area contributed by atoms with Gasteiger partial charge in [0.25, 0.3) is 0 Å². The average molecular weight is 247 g/mol. The molecule has 0 aromatic carbocycles. The van der Waals surface area contributed by atoms with Gasteiger partial charge >= 0.3 is 0 Å². The fraction of sp³-hybridized carbons (Fsp3) is 0.667. The highest BCUT2D eigenvalue weighted by molar-refractivity contribution is 5.47. The Morgan fingerprint density at radius 3 is 2.67 bits per heavy atom.